The van der Waals surface area contributed by atoms with E-state index < -0.39 is 10.0 Å². The van der Waals surface area contributed by atoms with E-state index in [1.807, 2.05) is 55.8 Å². The van der Waals surface area contributed by atoms with Crippen LogP contribution in [0.4, 0.5) is 0 Å². The molecule has 27 heavy (non-hydrogen) atoms. The van der Waals surface area contributed by atoms with Gasteiger partial charge in [0.15, 0.2) is 0 Å². The summed E-state index contributed by atoms with van der Waals surface area (Å²) in [6.07, 6.45) is 3.63. The zero-order chi connectivity index (χ0) is 19.2. The molecule has 0 unspecified atom stereocenters. The van der Waals surface area contributed by atoms with Gasteiger partial charge in [0.1, 0.15) is 5.65 Å². The van der Waals surface area contributed by atoms with E-state index in [4.69, 9.17) is 4.74 Å². The van der Waals surface area contributed by atoms with Gasteiger partial charge in [-0.2, -0.15) is 4.31 Å². The largest absolute Gasteiger partial charge is 0.373 e. The molecule has 1 fully saturated rings. The molecule has 0 amide bonds. The molecule has 1 aromatic carbocycles. The Balaban J connectivity index is 1.72. The van der Waals surface area contributed by atoms with Crippen molar-refractivity contribution in [1.29, 1.82) is 0 Å². The van der Waals surface area contributed by atoms with Gasteiger partial charge in [0.05, 0.1) is 22.8 Å². The van der Waals surface area contributed by atoms with Crippen molar-refractivity contribution in [2.45, 2.75) is 37.9 Å². The molecule has 0 aliphatic carbocycles. The topological polar surface area (TPSA) is 63.9 Å². The first-order valence-electron chi connectivity index (χ1n) is 9.05. The molecule has 142 valence electrons. The first-order valence-corrected chi connectivity index (χ1v) is 10.5. The van der Waals surface area contributed by atoms with Crippen LogP contribution in [-0.4, -0.2) is 47.4 Å². The van der Waals surface area contributed by atoms with E-state index in [0.29, 0.717) is 13.1 Å². The van der Waals surface area contributed by atoms with Gasteiger partial charge in [0, 0.05) is 31.0 Å². The number of morpholine rings is 1. The summed E-state index contributed by atoms with van der Waals surface area (Å²) in [6.45, 7) is 6.53. The number of aromatic nitrogens is 2. The number of nitrogens with zero attached hydrogens (tertiary/aromatic N) is 3. The molecule has 1 aliphatic heterocycles. The molecular weight excluding hydrogens is 362 g/mol. The van der Waals surface area contributed by atoms with Gasteiger partial charge in [-0.25, -0.2) is 13.4 Å². The van der Waals surface area contributed by atoms with Gasteiger partial charge in [-0.05, 0) is 44.5 Å². The van der Waals surface area contributed by atoms with Crippen LogP contribution in [0, 0.1) is 6.92 Å². The second-order valence-corrected chi connectivity index (χ2v) is 9.09. The summed E-state index contributed by atoms with van der Waals surface area (Å²) in [4.78, 5) is 4.96. The Morgan fingerprint density at radius 1 is 1.11 bits per heavy atom. The molecule has 0 bridgehead atoms. The lowest BCUT2D eigenvalue weighted by molar-refractivity contribution is -0.0440. The van der Waals surface area contributed by atoms with Crippen LogP contribution in [-0.2, 0) is 14.8 Å². The van der Waals surface area contributed by atoms with Crippen molar-refractivity contribution in [2.75, 3.05) is 13.1 Å². The summed E-state index contributed by atoms with van der Waals surface area (Å²) < 4.78 is 35.4. The summed E-state index contributed by atoms with van der Waals surface area (Å²) in [6, 6.07) is 11.0. The molecule has 0 spiro atoms. The van der Waals surface area contributed by atoms with Gasteiger partial charge < -0.3 is 9.14 Å². The summed E-state index contributed by atoms with van der Waals surface area (Å²) >= 11 is 0. The third kappa shape index (κ3) is 3.38. The third-order valence-electron chi connectivity index (χ3n) is 4.83. The van der Waals surface area contributed by atoms with E-state index >= 15 is 0 Å². The van der Waals surface area contributed by atoms with E-state index in [9.17, 15) is 8.42 Å². The third-order valence-corrected chi connectivity index (χ3v) is 6.66. The molecule has 0 saturated carbocycles. The van der Waals surface area contributed by atoms with E-state index in [1.165, 1.54) is 4.31 Å². The predicted octanol–water partition coefficient (Wildman–Crippen LogP) is 3.11. The van der Waals surface area contributed by atoms with Gasteiger partial charge >= 0.3 is 0 Å². The minimum atomic E-state index is -3.58. The average molecular weight is 385 g/mol. The fourth-order valence-electron chi connectivity index (χ4n) is 3.58. The molecule has 3 heterocycles. The molecule has 7 heteroatoms. The molecule has 0 radical (unpaired) electrons. The minimum Gasteiger partial charge on any atom is -0.373 e. The average Bonchev–Trinajstić information content (AvgIpc) is 3.07. The first kappa shape index (κ1) is 18.2. The molecule has 1 aliphatic rings. The fourth-order valence-corrected chi connectivity index (χ4v) is 5.22. The quantitative estimate of drug-likeness (QED) is 0.695. The maximum atomic E-state index is 13.1. The van der Waals surface area contributed by atoms with Gasteiger partial charge in [-0.3, -0.25) is 0 Å². The Hall–Kier alpha value is -2.22. The number of hydrogen-bond acceptors (Lipinski definition) is 4. The van der Waals surface area contributed by atoms with Crippen LogP contribution in [0.25, 0.3) is 16.9 Å². The lowest BCUT2D eigenvalue weighted by Gasteiger charge is -2.34. The molecular formula is C20H23N3O3S. The van der Waals surface area contributed by atoms with Crippen molar-refractivity contribution in [3.8, 4) is 11.3 Å². The molecule has 0 N–H and O–H groups in total. The first-order chi connectivity index (χ1) is 12.8. The summed E-state index contributed by atoms with van der Waals surface area (Å²) in [7, 11) is -3.58. The molecule has 4 rings (SSSR count). The Labute approximate surface area is 159 Å². The fraction of sp³-hybridized carbons (Fsp3) is 0.350. The number of sulfonamides is 1. The maximum Gasteiger partial charge on any atom is 0.243 e. The van der Waals surface area contributed by atoms with Gasteiger partial charge in [-0.1, -0.05) is 18.2 Å². The summed E-state index contributed by atoms with van der Waals surface area (Å²) in [5, 5.41) is 0. The van der Waals surface area contributed by atoms with Crippen LogP contribution in [0.3, 0.4) is 0 Å². The van der Waals surface area contributed by atoms with E-state index in [-0.39, 0.29) is 17.1 Å². The zero-order valence-corrected chi connectivity index (χ0v) is 16.5. The van der Waals surface area contributed by atoms with Crippen molar-refractivity contribution in [1.82, 2.24) is 13.7 Å². The molecule has 3 aromatic rings. The van der Waals surface area contributed by atoms with Crippen LogP contribution in [0.2, 0.25) is 0 Å². The van der Waals surface area contributed by atoms with E-state index in [2.05, 4.69) is 4.98 Å². The number of imidazole rings is 1. The Morgan fingerprint density at radius 3 is 2.56 bits per heavy atom. The standard InChI is InChI=1S/C20H23N3O3S/c1-14-6-5-9-22-13-19(21-20(14)22)17-7-4-8-18(10-17)27(24,25)23-11-15(2)26-16(3)12-23/h4-10,13,15-16H,11-12H2,1-3H3/t15-,16-/m1/s1. The molecule has 6 nitrogen and oxygen atoms in total. The molecule has 2 atom stereocenters. The van der Waals surface area contributed by atoms with Crippen LogP contribution < -0.4 is 0 Å². The van der Waals surface area contributed by atoms with Crippen LogP contribution in [0.1, 0.15) is 19.4 Å². The van der Waals surface area contributed by atoms with Crippen LogP contribution >= 0.6 is 0 Å². The Bertz CT molecular complexity index is 1080. The monoisotopic (exact) mass is 385 g/mol. The number of pyridine rings is 1. The number of aryl methyl sites for hydroxylation is 1. The van der Waals surface area contributed by atoms with Crippen molar-refractivity contribution in [3.63, 3.8) is 0 Å². The van der Waals surface area contributed by atoms with Gasteiger partial charge in [-0.15, -0.1) is 0 Å². The summed E-state index contributed by atoms with van der Waals surface area (Å²) in [5.41, 5.74) is 3.49. The van der Waals surface area contributed by atoms with E-state index in [0.717, 1.165) is 22.5 Å². The highest BCUT2D eigenvalue weighted by Gasteiger charge is 2.32. The number of ether oxygens (including phenoxy) is 1. The highest BCUT2D eigenvalue weighted by atomic mass is 32.2. The second-order valence-electron chi connectivity index (χ2n) is 7.16. The maximum absolute atomic E-state index is 13.1. The van der Waals surface area contributed by atoms with Gasteiger partial charge in [0.2, 0.25) is 10.0 Å². The predicted molar refractivity (Wildman–Crippen MR) is 104 cm³/mol. The normalized spacial score (nSPS) is 21.6. The van der Waals surface area contributed by atoms with Crippen molar-refractivity contribution < 1.29 is 13.2 Å². The van der Waals surface area contributed by atoms with Crippen molar-refractivity contribution in [3.05, 3.63) is 54.4 Å². The smallest absolute Gasteiger partial charge is 0.243 e. The van der Waals surface area contributed by atoms with Crippen molar-refractivity contribution in [2.24, 2.45) is 0 Å². The Kier molecular flexibility index (Phi) is 4.53. The zero-order valence-electron chi connectivity index (χ0n) is 15.7. The summed E-state index contributed by atoms with van der Waals surface area (Å²) in [5.74, 6) is 0. The molecule has 1 saturated heterocycles. The highest BCUT2D eigenvalue weighted by Crippen LogP contribution is 2.26. The minimum absolute atomic E-state index is 0.117. The SMILES string of the molecule is Cc1cccn2cc(-c3cccc(S(=O)(=O)N4C[C@@H](C)O[C@H](C)C4)c3)nc12. The Morgan fingerprint density at radius 2 is 1.85 bits per heavy atom. The van der Waals surface area contributed by atoms with Crippen molar-refractivity contribution >= 4 is 15.7 Å². The number of hydrogen-bond donors (Lipinski definition) is 0. The van der Waals surface area contributed by atoms with Crippen LogP contribution in [0.15, 0.2) is 53.7 Å². The molecule has 2 aromatic heterocycles. The highest BCUT2D eigenvalue weighted by molar-refractivity contribution is 7.89. The van der Waals surface area contributed by atoms with E-state index in [1.54, 1.807) is 18.2 Å². The number of fused-ring (bicyclic) bond motifs is 1. The lowest BCUT2D eigenvalue weighted by atomic mass is 10.2. The lowest BCUT2D eigenvalue weighted by Crippen LogP contribution is -2.48. The number of benzene rings is 1. The number of rotatable bonds is 3. The second kappa shape index (κ2) is 6.74. The van der Waals surface area contributed by atoms with Crippen LogP contribution in [0.5, 0.6) is 0 Å². The van der Waals surface area contributed by atoms with Gasteiger partial charge in [0.25, 0.3) is 0 Å².